The van der Waals surface area contributed by atoms with E-state index < -0.39 is 11.9 Å². The number of nitrogen functional groups attached to an aromatic ring is 1. The third kappa shape index (κ3) is 3.24. The first-order valence-corrected chi connectivity index (χ1v) is 6.19. The number of aromatic carboxylic acids is 1. The number of halogens is 1. The molecule has 0 saturated carbocycles. The number of carbonyl (C=O) groups excluding carboxylic acids is 1. The summed E-state index contributed by atoms with van der Waals surface area (Å²) >= 11 is 5.88. The van der Waals surface area contributed by atoms with E-state index in [1.807, 2.05) is 0 Å². The zero-order chi connectivity index (χ0) is 15.6. The average Bonchev–Trinajstić information content (AvgIpc) is 2.43. The molecule has 108 valence electrons. The van der Waals surface area contributed by atoms with Crippen molar-refractivity contribution >= 4 is 34.9 Å². The lowest BCUT2D eigenvalue weighted by atomic mass is 10.1. The molecular formula is C14H11ClN2O4. The van der Waals surface area contributed by atoms with Gasteiger partial charge in [0, 0.05) is 0 Å². The number of hydrogen-bond acceptors (Lipinski definition) is 4. The van der Waals surface area contributed by atoms with Crippen LogP contribution in [-0.4, -0.2) is 22.1 Å². The van der Waals surface area contributed by atoms with Crippen LogP contribution in [0.5, 0.6) is 5.75 Å². The van der Waals surface area contributed by atoms with E-state index in [1.54, 1.807) is 0 Å². The Hall–Kier alpha value is -2.73. The van der Waals surface area contributed by atoms with Crippen molar-refractivity contribution in [3.63, 3.8) is 0 Å². The summed E-state index contributed by atoms with van der Waals surface area (Å²) in [6.07, 6.45) is 0. The normalized spacial score (nSPS) is 10.1. The topological polar surface area (TPSA) is 113 Å². The van der Waals surface area contributed by atoms with Crippen molar-refractivity contribution in [2.75, 3.05) is 11.1 Å². The molecule has 6 nitrogen and oxygen atoms in total. The van der Waals surface area contributed by atoms with Crippen molar-refractivity contribution in [2.24, 2.45) is 0 Å². The number of phenols is 1. The second kappa shape index (κ2) is 5.72. The minimum atomic E-state index is -1.12. The Morgan fingerprint density at radius 3 is 2.48 bits per heavy atom. The first kappa shape index (κ1) is 14.7. The van der Waals surface area contributed by atoms with E-state index in [0.29, 0.717) is 0 Å². The van der Waals surface area contributed by atoms with Gasteiger partial charge < -0.3 is 21.3 Å². The summed E-state index contributed by atoms with van der Waals surface area (Å²) in [6.45, 7) is 0. The number of carboxylic acid groups (broad SMARTS) is 1. The highest BCUT2D eigenvalue weighted by atomic mass is 35.5. The Morgan fingerprint density at radius 1 is 1.14 bits per heavy atom. The first-order chi connectivity index (χ1) is 9.88. The Kier molecular flexibility index (Phi) is 4.00. The maximum absolute atomic E-state index is 12.1. The van der Waals surface area contributed by atoms with E-state index in [-0.39, 0.29) is 33.3 Å². The Labute approximate surface area is 124 Å². The van der Waals surface area contributed by atoms with Crippen LogP contribution < -0.4 is 11.1 Å². The van der Waals surface area contributed by atoms with E-state index in [9.17, 15) is 14.7 Å². The fourth-order valence-electron chi connectivity index (χ4n) is 1.69. The highest BCUT2D eigenvalue weighted by molar-refractivity contribution is 6.34. The van der Waals surface area contributed by atoms with Crippen molar-refractivity contribution in [1.82, 2.24) is 0 Å². The molecule has 0 aliphatic heterocycles. The maximum Gasteiger partial charge on any atom is 0.335 e. The predicted molar refractivity (Wildman–Crippen MR) is 78.9 cm³/mol. The number of hydrogen-bond donors (Lipinski definition) is 4. The molecule has 2 aromatic rings. The summed E-state index contributed by atoms with van der Waals surface area (Å²) < 4.78 is 0. The number of rotatable bonds is 3. The summed E-state index contributed by atoms with van der Waals surface area (Å²) in [5, 5.41) is 20.9. The molecule has 0 aromatic heterocycles. The minimum absolute atomic E-state index is 0.0147. The van der Waals surface area contributed by atoms with Gasteiger partial charge in [0.05, 0.1) is 27.5 Å². The summed E-state index contributed by atoms with van der Waals surface area (Å²) in [4.78, 5) is 22.9. The molecule has 0 saturated heterocycles. The smallest absolute Gasteiger partial charge is 0.335 e. The van der Waals surface area contributed by atoms with E-state index >= 15 is 0 Å². The molecule has 0 spiro atoms. The molecule has 1 amide bonds. The van der Waals surface area contributed by atoms with Crippen LogP contribution in [0.2, 0.25) is 5.02 Å². The molecule has 7 heteroatoms. The van der Waals surface area contributed by atoms with Crippen LogP contribution in [0.1, 0.15) is 20.7 Å². The molecule has 2 aromatic carbocycles. The number of carbonyl (C=O) groups is 2. The predicted octanol–water partition coefficient (Wildman–Crippen LogP) is 2.58. The third-order valence-corrected chi connectivity index (χ3v) is 3.07. The molecule has 5 N–H and O–H groups in total. The van der Waals surface area contributed by atoms with Crippen LogP contribution in [0.25, 0.3) is 0 Å². The van der Waals surface area contributed by atoms with Crippen LogP contribution in [0, 0.1) is 0 Å². The number of nitrogens with one attached hydrogen (secondary N) is 1. The van der Waals surface area contributed by atoms with Gasteiger partial charge in [-0.2, -0.15) is 0 Å². The van der Waals surface area contributed by atoms with E-state index in [4.69, 9.17) is 22.4 Å². The number of nitrogens with two attached hydrogens (primary N) is 1. The summed E-state index contributed by atoms with van der Waals surface area (Å²) in [7, 11) is 0. The van der Waals surface area contributed by atoms with E-state index in [0.717, 1.165) is 0 Å². The van der Waals surface area contributed by atoms with Crippen molar-refractivity contribution in [2.45, 2.75) is 0 Å². The average molecular weight is 307 g/mol. The van der Waals surface area contributed by atoms with Crippen LogP contribution in [0.15, 0.2) is 36.4 Å². The van der Waals surface area contributed by atoms with Crippen LogP contribution >= 0.6 is 11.6 Å². The third-order valence-electron chi connectivity index (χ3n) is 2.74. The molecule has 0 aliphatic rings. The van der Waals surface area contributed by atoms with Gasteiger partial charge in [-0.15, -0.1) is 0 Å². The van der Waals surface area contributed by atoms with Crippen LogP contribution in [-0.2, 0) is 0 Å². The number of aromatic hydroxyl groups is 1. The lowest BCUT2D eigenvalue weighted by Gasteiger charge is -2.10. The molecule has 0 bridgehead atoms. The number of phenolic OH excluding ortho intramolecular Hbond substituents is 1. The fraction of sp³-hybridized carbons (Fsp3) is 0. The van der Waals surface area contributed by atoms with Gasteiger partial charge in [0.25, 0.3) is 5.91 Å². The Morgan fingerprint density at radius 2 is 1.86 bits per heavy atom. The number of amides is 1. The van der Waals surface area contributed by atoms with Gasteiger partial charge in [0.2, 0.25) is 0 Å². The fourth-order valence-corrected chi connectivity index (χ4v) is 1.89. The monoisotopic (exact) mass is 306 g/mol. The number of benzene rings is 2. The van der Waals surface area contributed by atoms with Crippen LogP contribution in [0.3, 0.4) is 0 Å². The molecule has 0 aliphatic carbocycles. The highest BCUT2D eigenvalue weighted by Crippen LogP contribution is 2.25. The summed E-state index contributed by atoms with van der Waals surface area (Å²) in [5.41, 5.74) is 6.15. The standard InChI is InChI=1S/C14H11ClN2O4/c15-10-3-2-8(18)6-9(10)13(19)17-12-4-1-7(14(20)21)5-11(12)16/h1-6,18H,16H2,(H,17,19)(H,20,21). The second-order valence-electron chi connectivity index (χ2n) is 4.23. The molecule has 0 fully saturated rings. The number of carboxylic acids is 1. The van der Waals surface area contributed by atoms with Gasteiger partial charge in [-0.3, -0.25) is 4.79 Å². The maximum atomic E-state index is 12.1. The van der Waals surface area contributed by atoms with Crippen molar-refractivity contribution < 1.29 is 19.8 Å². The molecule has 0 radical (unpaired) electrons. The van der Waals surface area contributed by atoms with E-state index in [2.05, 4.69) is 5.32 Å². The SMILES string of the molecule is Nc1cc(C(=O)O)ccc1NC(=O)c1cc(O)ccc1Cl. The molecular weight excluding hydrogens is 296 g/mol. The van der Waals surface area contributed by atoms with Gasteiger partial charge in [0.15, 0.2) is 0 Å². The quantitative estimate of drug-likeness (QED) is 0.651. The van der Waals surface area contributed by atoms with Gasteiger partial charge in [-0.25, -0.2) is 4.79 Å². The molecule has 0 unspecified atom stereocenters. The number of anilines is 2. The molecule has 0 atom stereocenters. The Bertz CT molecular complexity index is 731. The zero-order valence-electron chi connectivity index (χ0n) is 10.6. The Balaban J connectivity index is 2.27. The largest absolute Gasteiger partial charge is 0.508 e. The molecule has 0 heterocycles. The van der Waals surface area contributed by atoms with Crippen LogP contribution in [0.4, 0.5) is 11.4 Å². The van der Waals surface area contributed by atoms with Gasteiger partial charge in [0.1, 0.15) is 5.75 Å². The molecule has 2 rings (SSSR count). The van der Waals surface area contributed by atoms with Gasteiger partial charge >= 0.3 is 5.97 Å². The lowest BCUT2D eigenvalue weighted by molar-refractivity contribution is 0.0697. The zero-order valence-corrected chi connectivity index (χ0v) is 11.4. The summed E-state index contributed by atoms with van der Waals surface area (Å²) in [6, 6.07) is 7.91. The highest BCUT2D eigenvalue weighted by Gasteiger charge is 2.14. The van der Waals surface area contributed by atoms with E-state index in [1.165, 1.54) is 36.4 Å². The summed E-state index contributed by atoms with van der Waals surface area (Å²) in [5.74, 6) is -1.78. The van der Waals surface area contributed by atoms with Crippen molar-refractivity contribution in [3.8, 4) is 5.75 Å². The first-order valence-electron chi connectivity index (χ1n) is 5.81. The lowest BCUT2D eigenvalue weighted by Crippen LogP contribution is -2.14. The second-order valence-corrected chi connectivity index (χ2v) is 4.63. The van der Waals surface area contributed by atoms with Crippen molar-refractivity contribution in [1.29, 1.82) is 0 Å². The minimum Gasteiger partial charge on any atom is -0.508 e. The molecule has 21 heavy (non-hydrogen) atoms. The van der Waals surface area contributed by atoms with Crippen molar-refractivity contribution in [3.05, 3.63) is 52.5 Å². The van der Waals surface area contributed by atoms with Gasteiger partial charge in [-0.1, -0.05) is 11.6 Å². The van der Waals surface area contributed by atoms with Gasteiger partial charge in [-0.05, 0) is 36.4 Å².